The molecule has 0 spiro atoms. The molecule has 0 aliphatic heterocycles. The van der Waals surface area contributed by atoms with Crippen molar-refractivity contribution in [3.63, 3.8) is 0 Å². The fourth-order valence-electron chi connectivity index (χ4n) is 2.91. The van der Waals surface area contributed by atoms with E-state index in [1.165, 1.54) is 7.05 Å². The van der Waals surface area contributed by atoms with Gasteiger partial charge in [0.15, 0.2) is 0 Å². The molecule has 0 aliphatic rings. The van der Waals surface area contributed by atoms with Gasteiger partial charge in [0.1, 0.15) is 11.6 Å². The molecule has 1 amide bonds. The number of aromatic nitrogens is 1. The SMILES string of the molecule is CNC(=O)/C(C#N)=C/c1cn(Cc2ccccc2C#N)c2ccccc12. The standard InChI is InChI=1S/C21H16N4O/c1-24-21(26)17(12-23)10-18-14-25(20-9-5-4-8-19(18)20)13-16-7-3-2-6-15(16)11-22/h2-10,14H,13H2,1H3,(H,24,26)/b17-10+. The van der Waals surface area contributed by atoms with Crippen molar-refractivity contribution in [2.75, 3.05) is 7.05 Å². The number of fused-ring (bicyclic) bond motifs is 1. The van der Waals surface area contributed by atoms with E-state index in [1.54, 1.807) is 12.1 Å². The number of rotatable bonds is 4. The molecule has 0 unspecified atom stereocenters. The molecule has 0 saturated heterocycles. The first kappa shape index (κ1) is 17.0. The summed E-state index contributed by atoms with van der Waals surface area (Å²) in [6, 6.07) is 19.4. The summed E-state index contributed by atoms with van der Waals surface area (Å²) < 4.78 is 2.02. The van der Waals surface area contributed by atoms with E-state index in [9.17, 15) is 15.3 Å². The monoisotopic (exact) mass is 340 g/mol. The molecule has 1 N–H and O–H groups in total. The van der Waals surface area contributed by atoms with Crippen molar-refractivity contribution in [1.29, 1.82) is 10.5 Å². The molecule has 126 valence electrons. The van der Waals surface area contributed by atoms with E-state index in [2.05, 4.69) is 11.4 Å². The van der Waals surface area contributed by atoms with Gasteiger partial charge < -0.3 is 9.88 Å². The van der Waals surface area contributed by atoms with Gasteiger partial charge in [-0.2, -0.15) is 10.5 Å². The Morgan fingerprint density at radius 2 is 1.88 bits per heavy atom. The highest BCUT2D eigenvalue weighted by molar-refractivity contribution is 6.03. The summed E-state index contributed by atoms with van der Waals surface area (Å²) in [6.45, 7) is 0.528. The molecule has 2 aromatic carbocycles. The molecule has 5 nitrogen and oxygen atoms in total. The van der Waals surface area contributed by atoms with Crippen molar-refractivity contribution in [3.8, 4) is 12.1 Å². The minimum Gasteiger partial charge on any atom is -0.354 e. The number of hydrogen-bond donors (Lipinski definition) is 1. The smallest absolute Gasteiger partial charge is 0.261 e. The van der Waals surface area contributed by atoms with Crippen LogP contribution in [0, 0.1) is 22.7 Å². The molecule has 1 aromatic heterocycles. The summed E-state index contributed by atoms with van der Waals surface area (Å²) >= 11 is 0. The maximum Gasteiger partial charge on any atom is 0.261 e. The van der Waals surface area contributed by atoms with Crippen LogP contribution in [-0.4, -0.2) is 17.5 Å². The molecule has 26 heavy (non-hydrogen) atoms. The van der Waals surface area contributed by atoms with Crippen LogP contribution >= 0.6 is 0 Å². The highest BCUT2D eigenvalue weighted by Gasteiger charge is 2.12. The van der Waals surface area contributed by atoms with E-state index in [4.69, 9.17) is 0 Å². The zero-order valence-electron chi connectivity index (χ0n) is 14.2. The molecule has 0 radical (unpaired) electrons. The highest BCUT2D eigenvalue weighted by atomic mass is 16.1. The van der Waals surface area contributed by atoms with E-state index >= 15 is 0 Å². The lowest BCUT2D eigenvalue weighted by atomic mass is 10.1. The van der Waals surface area contributed by atoms with E-state index in [0.717, 1.165) is 22.0 Å². The van der Waals surface area contributed by atoms with Crippen LogP contribution in [0.3, 0.4) is 0 Å². The number of hydrogen-bond acceptors (Lipinski definition) is 3. The van der Waals surface area contributed by atoms with Gasteiger partial charge in [-0.1, -0.05) is 36.4 Å². The van der Waals surface area contributed by atoms with Gasteiger partial charge in [0, 0.05) is 36.3 Å². The summed E-state index contributed by atoms with van der Waals surface area (Å²) in [5, 5.41) is 22.0. The number of likely N-dealkylation sites (N-methyl/N-ethyl adjacent to an activating group) is 1. The van der Waals surface area contributed by atoms with Gasteiger partial charge in [0.05, 0.1) is 11.6 Å². The summed E-state index contributed by atoms with van der Waals surface area (Å²) in [5.41, 5.74) is 3.35. The van der Waals surface area contributed by atoms with Crippen LogP contribution in [-0.2, 0) is 11.3 Å². The van der Waals surface area contributed by atoms with Crippen molar-refractivity contribution in [3.05, 3.63) is 77.0 Å². The zero-order chi connectivity index (χ0) is 18.5. The number of benzene rings is 2. The first-order valence-electron chi connectivity index (χ1n) is 8.07. The van der Waals surface area contributed by atoms with Crippen LogP contribution in [0.25, 0.3) is 17.0 Å². The lowest BCUT2D eigenvalue weighted by Crippen LogP contribution is -2.19. The fourth-order valence-corrected chi connectivity index (χ4v) is 2.91. The molecule has 0 aliphatic carbocycles. The minimum absolute atomic E-state index is 0.0489. The molecular weight excluding hydrogens is 324 g/mol. The predicted molar refractivity (Wildman–Crippen MR) is 99.9 cm³/mol. The van der Waals surface area contributed by atoms with E-state index in [-0.39, 0.29) is 5.57 Å². The molecule has 0 fully saturated rings. The van der Waals surface area contributed by atoms with Crippen LogP contribution in [0.15, 0.2) is 60.3 Å². The lowest BCUT2D eigenvalue weighted by molar-refractivity contribution is -0.116. The third-order valence-electron chi connectivity index (χ3n) is 4.19. The van der Waals surface area contributed by atoms with Gasteiger partial charge in [-0.3, -0.25) is 4.79 Å². The summed E-state index contributed by atoms with van der Waals surface area (Å²) in [5.74, 6) is -0.417. The van der Waals surface area contributed by atoms with Gasteiger partial charge in [0.2, 0.25) is 0 Å². The van der Waals surface area contributed by atoms with Gasteiger partial charge in [-0.25, -0.2) is 0 Å². The summed E-state index contributed by atoms with van der Waals surface area (Å²) in [7, 11) is 1.50. The van der Waals surface area contributed by atoms with E-state index < -0.39 is 5.91 Å². The van der Waals surface area contributed by atoms with Crippen LogP contribution in [0.2, 0.25) is 0 Å². The fraction of sp³-hybridized carbons (Fsp3) is 0.0952. The third kappa shape index (κ3) is 3.19. The van der Waals surface area contributed by atoms with Crippen LogP contribution < -0.4 is 5.32 Å². The summed E-state index contributed by atoms with van der Waals surface area (Å²) in [4.78, 5) is 11.8. The second-order valence-electron chi connectivity index (χ2n) is 5.75. The molecule has 0 saturated carbocycles. The van der Waals surface area contributed by atoms with Gasteiger partial charge in [-0.15, -0.1) is 0 Å². The van der Waals surface area contributed by atoms with Crippen LogP contribution in [0.4, 0.5) is 0 Å². The highest BCUT2D eigenvalue weighted by Crippen LogP contribution is 2.25. The Morgan fingerprint density at radius 3 is 2.62 bits per heavy atom. The van der Waals surface area contributed by atoms with Gasteiger partial charge in [-0.05, 0) is 23.8 Å². The topological polar surface area (TPSA) is 81.6 Å². The molecular formula is C21H16N4O. The Labute approximate surface area is 151 Å². The number of nitrogens with one attached hydrogen (secondary N) is 1. The van der Waals surface area contributed by atoms with Crippen LogP contribution in [0.5, 0.6) is 0 Å². The van der Waals surface area contributed by atoms with Gasteiger partial charge in [0.25, 0.3) is 5.91 Å². The largest absolute Gasteiger partial charge is 0.354 e. The van der Waals surface area contributed by atoms with Crippen molar-refractivity contribution in [2.24, 2.45) is 0 Å². The number of carbonyl (C=O) groups is 1. The Morgan fingerprint density at radius 1 is 1.15 bits per heavy atom. The molecule has 3 aromatic rings. The zero-order valence-corrected chi connectivity index (χ0v) is 14.2. The second-order valence-corrected chi connectivity index (χ2v) is 5.75. The average molecular weight is 340 g/mol. The lowest BCUT2D eigenvalue weighted by Gasteiger charge is -2.07. The summed E-state index contributed by atoms with van der Waals surface area (Å²) in [6.07, 6.45) is 3.49. The molecule has 0 bridgehead atoms. The maximum atomic E-state index is 11.8. The quantitative estimate of drug-likeness (QED) is 0.585. The third-order valence-corrected chi connectivity index (χ3v) is 4.19. The van der Waals surface area contributed by atoms with Crippen molar-refractivity contribution >= 4 is 22.9 Å². The number of carbonyl (C=O) groups excluding carboxylic acids is 1. The molecule has 3 rings (SSSR count). The number of para-hydroxylation sites is 1. The minimum atomic E-state index is -0.417. The van der Waals surface area contributed by atoms with Crippen LogP contribution in [0.1, 0.15) is 16.7 Å². The van der Waals surface area contributed by atoms with E-state index in [0.29, 0.717) is 12.1 Å². The maximum absolute atomic E-state index is 11.8. The number of nitrogens with zero attached hydrogens (tertiary/aromatic N) is 3. The second kappa shape index (κ2) is 7.38. The van der Waals surface area contributed by atoms with Crippen molar-refractivity contribution in [1.82, 2.24) is 9.88 Å². The van der Waals surface area contributed by atoms with Crippen molar-refractivity contribution < 1.29 is 4.79 Å². The Kier molecular flexibility index (Phi) is 4.83. The molecule has 0 atom stereocenters. The first-order chi connectivity index (χ1) is 12.7. The first-order valence-corrected chi connectivity index (χ1v) is 8.07. The van der Waals surface area contributed by atoms with Crippen molar-refractivity contribution in [2.45, 2.75) is 6.54 Å². The Bertz CT molecular complexity index is 1090. The normalized spacial score (nSPS) is 11.0. The Hall–Kier alpha value is -3.83. The molecule has 5 heteroatoms. The van der Waals surface area contributed by atoms with E-state index in [1.807, 2.05) is 59.3 Å². The Balaban J connectivity index is 2.12. The number of amides is 1. The molecule has 1 heterocycles. The predicted octanol–water partition coefficient (Wildman–Crippen LogP) is 3.21. The van der Waals surface area contributed by atoms with Gasteiger partial charge >= 0.3 is 0 Å². The average Bonchev–Trinajstić information content (AvgIpc) is 3.03. The number of nitriles is 2.